The van der Waals surface area contributed by atoms with Gasteiger partial charge in [-0.2, -0.15) is 0 Å². The monoisotopic (exact) mass is 190 g/mol. The van der Waals surface area contributed by atoms with E-state index in [4.69, 9.17) is 5.73 Å². The van der Waals surface area contributed by atoms with Gasteiger partial charge in [-0.05, 0) is 35.6 Å². The van der Waals surface area contributed by atoms with Crippen LogP contribution in [0.15, 0.2) is 18.2 Å². The van der Waals surface area contributed by atoms with Gasteiger partial charge in [0.1, 0.15) is 0 Å². The minimum Gasteiger partial charge on any atom is -0.399 e. The fourth-order valence-corrected chi connectivity index (χ4v) is 1.90. The van der Waals surface area contributed by atoms with Gasteiger partial charge in [0.05, 0.1) is 0 Å². The first-order valence-corrected chi connectivity index (χ1v) is 5.12. The van der Waals surface area contributed by atoms with Crippen molar-refractivity contribution in [3.63, 3.8) is 0 Å². The second kappa shape index (κ2) is 2.91. The molecule has 1 aliphatic heterocycles. The van der Waals surface area contributed by atoms with Crippen molar-refractivity contribution in [2.45, 2.75) is 33.2 Å². The molecule has 0 saturated heterocycles. The zero-order chi connectivity index (χ0) is 10.3. The first-order valence-electron chi connectivity index (χ1n) is 5.12. The van der Waals surface area contributed by atoms with Gasteiger partial charge < -0.3 is 11.1 Å². The highest BCUT2D eigenvalue weighted by Gasteiger charge is 2.30. The normalized spacial score (nSPS) is 20.4. The van der Waals surface area contributed by atoms with Crippen LogP contribution in [0.2, 0.25) is 0 Å². The highest BCUT2D eigenvalue weighted by Crippen LogP contribution is 2.35. The standard InChI is InChI=1S/C12H18N2/c1-12(2,3)11-7-8-6-9(13)4-5-10(8)14-11/h4-6,11,14H,7,13H2,1-3H3. The van der Waals surface area contributed by atoms with E-state index < -0.39 is 0 Å². The molecule has 3 N–H and O–H groups in total. The minimum absolute atomic E-state index is 0.299. The van der Waals surface area contributed by atoms with Crippen molar-refractivity contribution in [2.75, 3.05) is 11.1 Å². The van der Waals surface area contributed by atoms with Gasteiger partial charge in [-0.3, -0.25) is 0 Å². The number of hydrogen-bond acceptors (Lipinski definition) is 2. The van der Waals surface area contributed by atoms with Gasteiger partial charge in [0, 0.05) is 17.4 Å². The van der Waals surface area contributed by atoms with Crippen LogP contribution in [-0.4, -0.2) is 6.04 Å². The van der Waals surface area contributed by atoms with Gasteiger partial charge in [0.2, 0.25) is 0 Å². The number of hydrogen-bond donors (Lipinski definition) is 2. The van der Waals surface area contributed by atoms with Gasteiger partial charge in [-0.1, -0.05) is 20.8 Å². The lowest BCUT2D eigenvalue weighted by molar-refractivity contribution is 0.347. The van der Waals surface area contributed by atoms with E-state index in [1.54, 1.807) is 0 Å². The SMILES string of the molecule is CC(C)(C)C1Cc2cc(N)ccc2N1. The second-order valence-corrected chi connectivity index (χ2v) is 5.18. The Morgan fingerprint density at radius 1 is 1.36 bits per heavy atom. The van der Waals surface area contributed by atoms with Gasteiger partial charge >= 0.3 is 0 Å². The predicted octanol–water partition coefficient (Wildman–Crippen LogP) is 2.65. The quantitative estimate of drug-likeness (QED) is 0.617. The highest BCUT2D eigenvalue weighted by atomic mass is 15.0. The van der Waals surface area contributed by atoms with Crippen LogP contribution in [0, 0.1) is 5.41 Å². The summed E-state index contributed by atoms with van der Waals surface area (Å²) < 4.78 is 0. The number of nitrogen functional groups attached to an aromatic ring is 1. The number of rotatable bonds is 0. The van der Waals surface area contributed by atoms with Crippen LogP contribution in [0.1, 0.15) is 26.3 Å². The maximum Gasteiger partial charge on any atom is 0.0377 e. The molecule has 0 saturated carbocycles. The molecule has 1 aliphatic rings. The third-order valence-electron chi connectivity index (χ3n) is 2.93. The molecule has 1 heterocycles. The smallest absolute Gasteiger partial charge is 0.0377 e. The molecular weight excluding hydrogens is 172 g/mol. The van der Waals surface area contributed by atoms with E-state index >= 15 is 0 Å². The summed E-state index contributed by atoms with van der Waals surface area (Å²) in [6.07, 6.45) is 1.09. The Kier molecular flexibility index (Phi) is 1.95. The molecule has 76 valence electrons. The van der Waals surface area contributed by atoms with Gasteiger partial charge in [-0.15, -0.1) is 0 Å². The third kappa shape index (κ3) is 1.57. The minimum atomic E-state index is 0.299. The van der Waals surface area contributed by atoms with Crippen LogP contribution >= 0.6 is 0 Å². The number of nitrogens with one attached hydrogen (secondary N) is 1. The topological polar surface area (TPSA) is 38.0 Å². The first kappa shape index (κ1) is 9.38. The summed E-state index contributed by atoms with van der Waals surface area (Å²) in [5.41, 5.74) is 9.52. The van der Waals surface area contributed by atoms with E-state index in [1.165, 1.54) is 11.3 Å². The molecular formula is C12H18N2. The van der Waals surface area contributed by atoms with E-state index in [2.05, 4.69) is 38.2 Å². The van der Waals surface area contributed by atoms with Crippen LogP contribution in [0.3, 0.4) is 0 Å². The van der Waals surface area contributed by atoms with Crippen LogP contribution in [0.5, 0.6) is 0 Å². The molecule has 2 rings (SSSR count). The molecule has 0 amide bonds. The number of benzene rings is 1. The zero-order valence-electron chi connectivity index (χ0n) is 9.09. The van der Waals surface area contributed by atoms with Crippen LogP contribution in [-0.2, 0) is 6.42 Å². The van der Waals surface area contributed by atoms with Crippen molar-refractivity contribution in [2.24, 2.45) is 5.41 Å². The molecule has 1 aromatic carbocycles. The van der Waals surface area contributed by atoms with Crippen molar-refractivity contribution in [1.82, 2.24) is 0 Å². The zero-order valence-corrected chi connectivity index (χ0v) is 9.09. The van der Waals surface area contributed by atoms with Crippen LogP contribution in [0.25, 0.3) is 0 Å². The molecule has 0 radical (unpaired) electrons. The van der Waals surface area contributed by atoms with E-state index in [1.807, 2.05) is 6.07 Å². The Bertz CT molecular complexity index is 350. The maximum atomic E-state index is 5.76. The largest absolute Gasteiger partial charge is 0.399 e. The van der Waals surface area contributed by atoms with Crippen LogP contribution in [0.4, 0.5) is 11.4 Å². The molecule has 0 aliphatic carbocycles. The van der Waals surface area contributed by atoms with E-state index in [9.17, 15) is 0 Å². The summed E-state index contributed by atoms with van der Waals surface area (Å²) in [7, 11) is 0. The lowest BCUT2D eigenvalue weighted by atomic mass is 9.85. The molecule has 1 aromatic rings. The third-order valence-corrected chi connectivity index (χ3v) is 2.93. The molecule has 1 unspecified atom stereocenters. The average molecular weight is 190 g/mol. The van der Waals surface area contributed by atoms with E-state index in [0.717, 1.165) is 12.1 Å². The Hall–Kier alpha value is -1.18. The van der Waals surface area contributed by atoms with Gasteiger partial charge in [0.25, 0.3) is 0 Å². The molecule has 0 fully saturated rings. The van der Waals surface area contributed by atoms with Crippen molar-refractivity contribution in [1.29, 1.82) is 0 Å². The number of nitrogens with two attached hydrogens (primary N) is 1. The summed E-state index contributed by atoms with van der Waals surface area (Å²) in [6, 6.07) is 6.64. The lowest BCUT2D eigenvalue weighted by Gasteiger charge is -2.27. The summed E-state index contributed by atoms with van der Waals surface area (Å²) in [5.74, 6) is 0. The van der Waals surface area contributed by atoms with Crippen LogP contribution < -0.4 is 11.1 Å². The van der Waals surface area contributed by atoms with E-state index in [0.29, 0.717) is 11.5 Å². The summed E-state index contributed by atoms with van der Waals surface area (Å²) in [5, 5.41) is 3.55. The van der Waals surface area contributed by atoms with Gasteiger partial charge in [0.15, 0.2) is 0 Å². The molecule has 1 atom stereocenters. The summed E-state index contributed by atoms with van der Waals surface area (Å²) in [6.45, 7) is 6.79. The fraction of sp³-hybridized carbons (Fsp3) is 0.500. The summed E-state index contributed by atoms with van der Waals surface area (Å²) in [4.78, 5) is 0. The average Bonchev–Trinajstić information content (AvgIpc) is 2.45. The Morgan fingerprint density at radius 2 is 2.07 bits per heavy atom. The molecule has 0 spiro atoms. The molecule has 2 nitrogen and oxygen atoms in total. The Labute approximate surface area is 85.5 Å². The van der Waals surface area contributed by atoms with Crippen molar-refractivity contribution < 1.29 is 0 Å². The molecule has 14 heavy (non-hydrogen) atoms. The van der Waals surface area contributed by atoms with Crippen molar-refractivity contribution in [3.05, 3.63) is 23.8 Å². The Balaban J connectivity index is 2.26. The maximum absolute atomic E-state index is 5.76. The Morgan fingerprint density at radius 3 is 2.71 bits per heavy atom. The van der Waals surface area contributed by atoms with Crippen molar-refractivity contribution in [3.8, 4) is 0 Å². The number of fused-ring (bicyclic) bond motifs is 1. The number of anilines is 2. The van der Waals surface area contributed by atoms with Gasteiger partial charge in [-0.25, -0.2) is 0 Å². The summed E-state index contributed by atoms with van der Waals surface area (Å²) >= 11 is 0. The predicted molar refractivity (Wildman–Crippen MR) is 61.4 cm³/mol. The lowest BCUT2D eigenvalue weighted by Crippen LogP contribution is -2.31. The first-order chi connectivity index (χ1) is 6.47. The highest BCUT2D eigenvalue weighted by molar-refractivity contribution is 5.62. The fourth-order valence-electron chi connectivity index (χ4n) is 1.90. The molecule has 2 heteroatoms. The molecule has 0 bridgehead atoms. The van der Waals surface area contributed by atoms with E-state index in [-0.39, 0.29) is 0 Å². The molecule has 0 aromatic heterocycles. The van der Waals surface area contributed by atoms with Crippen molar-refractivity contribution >= 4 is 11.4 Å². The second-order valence-electron chi connectivity index (χ2n) is 5.18.